The Labute approximate surface area is 127 Å². The van der Waals surface area contributed by atoms with Gasteiger partial charge in [-0.3, -0.25) is 4.79 Å². The van der Waals surface area contributed by atoms with Gasteiger partial charge in [-0.1, -0.05) is 37.3 Å². The van der Waals surface area contributed by atoms with Crippen LogP contribution in [0.1, 0.15) is 50.5 Å². The van der Waals surface area contributed by atoms with E-state index < -0.39 is 0 Å². The summed E-state index contributed by atoms with van der Waals surface area (Å²) < 4.78 is 5.86. The second-order valence-corrected chi connectivity index (χ2v) is 6.45. The molecule has 0 saturated carbocycles. The SMILES string of the molecule is CCC(C(=O)O[C@H]1C[C@H]2CC[C@@H](C1)N2C)c1ccccc1. The molecule has 2 heterocycles. The number of hydrogen-bond acceptors (Lipinski definition) is 3. The smallest absolute Gasteiger partial charge is 0.313 e. The van der Waals surface area contributed by atoms with Gasteiger partial charge in [0.25, 0.3) is 0 Å². The van der Waals surface area contributed by atoms with E-state index in [-0.39, 0.29) is 18.0 Å². The van der Waals surface area contributed by atoms with Crippen molar-refractivity contribution in [2.24, 2.45) is 0 Å². The fourth-order valence-electron chi connectivity index (χ4n) is 3.93. The van der Waals surface area contributed by atoms with Crippen molar-refractivity contribution in [3.05, 3.63) is 35.9 Å². The van der Waals surface area contributed by atoms with E-state index in [0.717, 1.165) is 24.8 Å². The maximum atomic E-state index is 12.5. The minimum absolute atomic E-state index is 0.0438. The molecule has 0 aliphatic carbocycles. The average molecular weight is 287 g/mol. The lowest BCUT2D eigenvalue weighted by atomic mass is 9.96. The van der Waals surface area contributed by atoms with Gasteiger partial charge in [0.15, 0.2) is 0 Å². The lowest BCUT2D eigenvalue weighted by Gasteiger charge is -2.36. The van der Waals surface area contributed by atoms with Crippen molar-refractivity contribution in [1.29, 1.82) is 0 Å². The van der Waals surface area contributed by atoms with Crippen LogP contribution in [0.25, 0.3) is 0 Å². The molecule has 3 nitrogen and oxygen atoms in total. The fraction of sp³-hybridized carbons (Fsp3) is 0.611. The first-order valence-corrected chi connectivity index (χ1v) is 8.16. The summed E-state index contributed by atoms with van der Waals surface area (Å²) in [4.78, 5) is 15.0. The second-order valence-electron chi connectivity index (χ2n) is 6.45. The minimum Gasteiger partial charge on any atom is -0.462 e. The molecular weight excluding hydrogens is 262 g/mol. The molecule has 0 radical (unpaired) electrons. The Bertz CT molecular complexity index is 473. The van der Waals surface area contributed by atoms with Gasteiger partial charge in [-0.15, -0.1) is 0 Å². The summed E-state index contributed by atoms with van der Waals surface area (Å²) in [6, 6.07) is 11.2. The Morgan fingerprint density at radius 2 is 1.86 bits per heavy atom. The molecule has 2 fully saturated rings. The van der Waals surface area contributed by atoms with E-state index in [1.807, 2.05) is 30.3 Å². The molecule has 0 aromatic heterocycles. The summed E-state index contributed by atoms with van der Waals surface area (Å²) >= 11 is 0. The third kappa shape index (κ3) is 2.98. The van der Waals surface area contributed by atoms with Gasteiger partial charge in [0, 0.05) is 12.1 Å². The lowest BCUT2D eigenvalue weighted by Crippen LogP contribution is -2.43. The van der Waals surface area contributed by atoms with Crippen molar-refractivity contribution in [2.75, 3.05) is 7.05 Å². The van der Waals surface area contributed by atoms with Crippen molar-refractivity contribution in [2.45, 2.75) is 63.1 Å². The Kier molecular flexibility index (Phi) is 4.29. The first-order chi connectivity index (χ1) is 10.2. The zero-order valence-corrected chi connectivity index (χ0v) is 13.0. The summed E-state index contributed by atoms with van der Waals surface area (Å²) in [5.74, 6) is -0.166. The molecule has 3 heteroatoms. The van der Waals surface area contributed by atoms with Gasteiger partial charge in [-0.2, -0.15) is 0 Å². The van der Waals surface area contributed by atoms with Crippen LogP contribution in [0, 0.1) is 0 Å². The van der Waals surface area contributed by atoms with E-state index in [0.29, 0.717) is 12.1 Å². The van der Waals surface area contributed by atoms with Gasteiger partial charge >= 0.3 is 5.97 Å². The van der Waals surface area contributed by atoms with Crippen LogP contribution < -0.4 is 0 Å². The molecule has 21 heavy (non-hydrogen) atoms. The summed E-state index contributed by atoms with van der Waals surface area (Å²) in [5.41, 5.74) is 1.07. The van der Waals surface area contributed by atoms with Gasteiger partial charge in [-0.05, 0) is 44.7 Å². The molecule has 3 rings (SSSR count). The number of carbonyl (C=O) groups excluding carboxylic acids is 1. The van der Waals surface area contributed by atoms with Gasteiger partial charge in [0.2, 0.25) is 0 Å². The standard InChI is InChI=1S/C18H25NO2/c1-3-17(13-7-5-4-6-8-13)18(20)21-16-11-14-9-10-15(12-16)19(14)2/h4-8,14-17H,3,9-12H2,1-2H3/t14-,15+,16+,17?. The highest BCUT2D eigenvalue weighted by Gasteiger charge is 2.40. The predicted molar refractivity (Wildman–Crippen MR) is 83.2 cm³/mol. The molecule has 1 unspecified atom stereocenters. The maximum absolute atomic E-state index is 12.5. The molecule has 2 saturated heterocycles. The third-order valence-corrected chi connectivity index (χ3v) is 5.23. The van der Waals surface area contributed by atoms with Gasteiger partial charge in [-0.25, -0.2) is 0 Å². The number of nitrogens with zero attached hydrogens (tertiary/aromatic N) is 1. The Balaban J connectivity index is 1.63. The van der Waals surface area contributed by atoms with Crippen LogP contribution in [0.3, 0.4) is 0 Å². The normalized spacial score (nSPS) is 30.1. The van der Waals surface area contributed by atoms with Crippen LogP contribution in [0.4, 0.5) is 0 Å². The number of rotatable bonds is 4. The highest BCUT2D eigenvalue weighted by atomic mass is 16.5. The van der Waals surface area contributed by atoms with Crippen LogP contribution in [0.15, 0.2) is 30.3 Å². The van der Waals surface area contributed by atoms with E-state index in [1.165, 1.54) is 12.8 Å². The van der Waals surface area contributed by atoms with E-state index in [1.54, 1.807) is 0 Å². The monoisotopic (exact) mass is 287 g/mol. The number of fused-ring (bicyclic) bond motifs is 2. The predicted octanol–water partition coefficient (Wildman–Crippen LogP) is 3.35. The average Bonchev–Trinajstić information content (AvgIpc) is 2.72. The van der Waals surface area contributed by atoms with Crippen LogP contribution >= 0.6 is 0 Å². The highest BCUT2D eigenvalue weighted by molar-refractivity contribution is 5.78. The first kappa shape index (κ1) is 14.6. The van der Waals surface area contributed by atoms with E-state index in [9.17, 15) is 4.79 Å². The Morgan fingerprint density at radius 3 is 2.43 bits per heavy atom. The van der Waals surface area contributed by atoms with Crippen molar-refractivity contribution >= 4 is 5.97 Å². The molecule has 0 amide bonds. The number of hydrogen-bond donors (Lipinski definition) is 0. The highest BCUT2D eigenvalue weighted by Crippen LogP contribution is 2.36. The van der Waals surface area contributed by atoms with E-state index in [4.69, 9.17) is 4.74 Å². The number of carbonyl (C=O) groups is 1. The van der Waals surface area contributed by atoms with Gasteiger partial charge in [0.05, 0.1) is 5.92 Å². The van der Waals surface area contributed by atoms with Crippen molar-refractivity contribution in [3.63, 3.8) is 0 Å². The molecular formula is C18H25NO2. The number of piperidine rings is 1. The van der Waals surface area contributed by atoms with Crippen LogP contribution in [-0.4, -0.2) is 36.1 Å². The van der Waals surface area contributed by atoms with Gasteiger partial charge in [0.1, 0.15) is 6.10 Å². The Morgan fingerprint density at radius 1 is 1.24 bits per heavy atom. The number of benzene rings is 1. The summed E-state index contributed by atoms with van der Waals surface area (Å²) in [6.07, 6.45) is 5.43. The first-order valence-electron chi connectivity index (χ1n) is 8.16. The van der Waals surface area contributed by atoms with E-state index in [2.05, 4.69) is 18.9 Å². The quantitative estimate of drug-likeness (QED) is 0.795. The summed E-state index contributed by atoms with van der Waals surface area (Å²) in [5, 5.41) is 0. The summed E-state index contributed by atoms with van der Waals surface area (Å²) in [6.45, 7) is 2.05. The third-order valence-electron chi connectivity index (χ3n) is 5.23. The summed E-state index contributed by atoms with van der Waals surface area (Å²) in [7, 11) is 2.21. The Hall–Kier alpha value is -1.35. The van der Waals surface area contributed by atoms with Crippen LogP contribution in [0.5, 0.6) is 0 Å². The topological polar surface area (TPSA) is 29.5 Å². The molecule has 114 valence electrons. The minimum atomic E-state index is -0.122. The molecule has 0 spiro atoms. The maximum Gasteiger partial charge on any atom is 0.313 e. The molecule has 2 aliphatic heterocycles. The molecule has 1 aromatic rings. The molecule has 1 aromatic carbocycles. The van der Waals surface area contributed by atoms with Gasteiger partial charge < -0.3 is 9.64 Å². The largest absolute Gasteiger partial charge is 0.462 e. The zero-order valence-electron chi connectivity index (χ0n) is 13.0. The van der Waals surface area contributed by atoms with Crippen molar-refractivity contribution < 1.29 is 9.53 Å². The molecule has 2 aliphatic rings. The van der Waals surface area contributed by atoms with Crippen LogP contribution in [0.2, 0.25) is 0 Å². The van der Waals surface area contributed by atoms with Crippen molar-refractivity contribution in [3.8, 4) is 0 Å². The molecule has 4 atom stereocenters. The number of esters is 1. The molecule has 2 bridgehead atoms. The lowest BCUT2D eigenvalue weighted by molar-refractivity contribution is -0.154. The second kappa shape index (κ2) is 6.18. The van der Waals surface area contributed by atoms with E-state index >= 15 is 0 Å². The molecule has 0 N–H and O–H groups in total. The van der Waals surface area contributed by atoms with Crippen molar-refractivity contribution in [1.82, 2.24) is 4.90 Å². The number of ether oxygens (including phenoxy) is 1. The zero-order chi connectivity index (χ0) is 14.8. The fourth-order valence-corrected chi connectivity index (χ4v) is 3.93. The van der Waals surface area contributed by atoms with Crippen LogP contribution in [-0.2, 0) is 9.53 Å².